The van der Waals surface area contributed by atoms with Crippen LogP contribution < -0.4 is 5.32 Å². The number of nitrogens with zero attached hydrogens (tertiary/aromatic N) is 1. The molecule has 1 unspecified atom stereocenters. The smallest absolute Gasteiger partial charge is 0.330 e. The summed E-state index contributed by atoms with van der Waals surface area (Å²) in [5.74, 6) is -0.768. The van der Waals surface area contributed by atoms with Crippen molar-refractivity contribution in [1.82, 2.24) is 4.90 Å². The number of benzene rings is 1. The number of carboxylic acids is 1. The highest BCUT2D eigenvalue weighted by atomic mass is 16.4. The highest BCUT2D eigenvalue weighted by molar-refractivity contribution is 5.83. The highest BCUT2D eigenvalue weighted by Crippen LogP contribution is 2.26. The number of nitrogens with one attached hydrogen (secondary N) is 1. The SMILES string of the molecule is Cc1cccc(NC2(C(=O)O)CCCN(C)C2)c1. The predicted molar refractivity (Wildman–Crippen MR) is 71.9 cm³/mol. The number of aliphatic carboxylic acids is 1. The summed E-state index contributed by atoms with van der Waals surface area (Å²) in [6.07, 6.45) is 1.57. The van der Waals surface area contributed by atoms with E-state index in [-0.39, 0.29) is 0 Å². The zero-order valence-corrected chi connectivity index (χ0v) is 10.9. The van der Waals surface area contributed by atoms with Crippen molar-refractivity contribution in [3.05, 3.63) is 29.8 Å². The topological polar surface area (TPSA) is 52.6 Å². The molecule has 4 nitrogen and oxygen atoms in total. The van der Waals surface area contributed by atoms with Gasteiger partial charge in [0.1, 0.15) is 5.54 Å². The molecule has 1 aliphatic heterocycles. The zero-order valence-electron chi connectivity index (χ0n) is 10.9. The standard InChI is InChI=1S/C14H20N2O2/c1-11-5-3-6-12(9-11)15-14(13(17)18)7-4-8-16(2)10-14/h3,5-6,9,15H,4,7-8,10H2,1-2H3,(H,17,18). The monoisotopic (exact) mass is 248 g/mol. The van der Waals surface area contributed by atoms with Crippen molar-refractivity contribution in [3.63, 3.8) is 0 Å². The summed E-state index contributed by atoms with van der Waals surface area (Å²) in [6.45, 7) is 3.51. The number of carboxylic acid groups (broad SMARTS) is 1. The first kappa shape index (κ1) is 12.9. The van der Waals surface area contributed by atoms with Gasteiger partial charge in [-0.3, -0.25) is 0 Å². The van der Waals surface area contributed by atoms with Crippen molar-refractivity contribution in [2.75, 3.05) is 25.5 Å². The Morgan fingerprint density at radius 2 is 2.28 bits per heavy atom. The Kier molecular flexibility index (Phi) is 3.57. The molecule has 0 bridgehead atoms. The molecule has 2 N–H and O–H groups in total. The van der Waals surface area contributed by atoms with Crippen LogP contribution in [0.4, 0.5) is 5.69 Å². The maximum Gasteiger partial charge on any atom is 0.330 e. The van der Waals surface area contributed by atoms with Gasteiger partial charge in [0, 0.05) is 12.2 Å². The van der Waals surface area contributed by atoms with Crippen LogP contribution in [0, 0.1) is 6.92 Å². The van der Waals surface area contributed by atoms with Crippen molar-refractivity contribution >= 4 is 11.7 Å². The van der Waals surface area contributed by atoms with Gasteiger partial charge in [-0.15, -0.1) is 0 Å². The first-order valence-electron chi connectivity index (χ1n) is 6.29. The molecule has 1 aromatic carbocycles. The van der Waals surface area contributed by atoms with E-state index in [1.807, 2.05) is 38.2 Å². The van der Waals surface area contributed by atoms with Crippen LogP contribution in [0.15, 0.2) is 24.3 Å². The van der Waals surface area contributed by atoms with Crippen molar-refractivity contribution in [3.8, 4) is 0 Å². The van der Waals surface area contributed by atoms with E-state index in [0.29, 0.717) is 13.0 Å². The van der Waals surface area contributed by atoms with Crippen molar-refractivity contribution < 1.29 is 9.90 Å². The molecule has 18 heavy (non-hydrogen) atoms. The number of piperidine rings is 1. The lowest BCUT2D eigenvalue weighted by Crippen LogP contribution is -2.57. The summed E-state index contributed by atoms with van der Waals surface area (Å²) in [5.41, 5.74) is 1.15. The Labute approximate surface area is 108 Å². The molecule has 1 heterocycles. The number of hydrogen-bond acceptors (Lipinski definition) is 3. The molecule has 0 spiro atoms. The maximum absolute atomic E-state index is 11.6. The third kappa shape index (κ3) is 2.64. The lowest BCUT2D eigenvalue weighted by molar-refractivity contribution is -0.144. The summed E-state index contributed by atoms with van der Waals surface area (Å²) >= 11 is 0. The van der Waals surface area contributed by atoms with Gasteiger partial charge in [-0.25, -0.2) is 4.79 Å². The van der Waals surface area contributed by atoms with Crippen LogP contribution in [0.5, 0.6) is 0 Å². The molecule has 4 heteroatoms. The molecule has 0 aromatic heterocycles. The molecule has 0 saturated carbocycles. The number of carbonyl (C=O) groups is 1. The molecule has 1 aromatic rings. The lowest BCUT2D eigenvalue weighted by atomic mass is 9.89. The van der Waals surface area contributed by atoms with E-state index in [0.717, 1.165) is 24.2 Å². The third-order valence-corrected chi connectivity index (χ3v) is 3.49. The molecule has 0 amide bonds. The van der Waals surface area contributed by atoms with E-state index in [2.05, 4.69) is 10.2 Å². The van der Waals surface area contributed by atoms with Crippen LogP contribution >= 0.6 is 0 Å². The minimum atomic E-state index is -0.860. The fourth-order valence-corrected chi connectivity index (χ4v) is 2.60. The number of anilines is 1. The minimum absolute atomic E-state index is 0.538. The fraction of sp³-hybridized carbons (Fsp3) is 0.500. The first-order chi connectivity index (χ1) is 8.52. The summed E-state index contributed by atoms with van der Waals surface area (Å²) < 4.78 is 0. The number of hydrogen-bond donors (Lipinski definition) is 2. The van der Waals surface area contributed by atoms with Gasteiger partial charge in [-0.2, -0.15) is 0 Å². The third-order valence-electron chi connectivity index (χ3n) is 3.49. The molecular weight excluding hydrogens is 228 g/mol. The Morgan fingerprint density at radius 1 is 1.50 bits per heavy atom. The van der Waals surface area contributed by atoms with Gasteiger partial charge in [0.25, 0.3) is 0 Å². The van der Waals surface area contributed by atoms with Crippen LogP contribution in [-0.2, 0) is 4.79 Å². The zero-order chi connectivity index (χ0) is 13.2. The number of likely N-dealkylation sites (tertiary alicyclic amines) is 1. The van der Waals surface area contributed by atoms with Gasteiger partial charge >= 0.3 is 5.97 Å². The van der Waals surface area contributed by atoms with Gasteiger partial charge in [0.05, 0.1) is 0 Å². The van der Waals surface area contributed by atoms with E-state index < -0.39 is 11.5 Å². The normalized spacial score (nSPS) is 24.8. The second kappa shape index (κ2) is 4.98. The quantitative estimate of drug-likeness (QED) is 0.858. The van der Waals surface area contributed by atoms with Gasteiger partial charge in [0.15, 0.2) is 0 Å². The van der Waals surface area contributed by atoms with E-state index in [1.54, 1.807) is 0 Å². The van der Waals surface area contributed by atoms with Gasteiger partial charge < -0.3 is 15.3 Å². The summed E-state index contributed by atoms with van der Waals surface area (Å²) in [7, 11) is 1.97. The lowest BCUT2D eigenvalue weighted by Gasteiger charge is -2.39. The molecule has 0 radical (unpaired) electrons. The molecule has 98 valence electrons. The van der Waals surface area contributed by atoms with Gasteiger partial charge in [-0.05, 0) is 51.1 Å². The Bertz CT molecular complexity index is 447. The Balaban J connectivity index is 2.23. The van der Waals surface area contributed by atoms with Crippen molar-refractivity contribution in [1.29, 1.82) is 0 Å². The summed E-state index contributed by atoms with van der Waals surface area (Å²) in [4.78, 5) is 13.7. The largest absolute Gasteiger partial charge is 0.479 e. The molecule has 1 aliphatic rings. The first-order valence-corrected chi connectivity index (χ1v) is 6.29. The molecular formula is C14H20N2O2. The molecule has 1 saturated heterocycles. The van der Waals surface area contributed by atoms with Crippen LogP contribution in [0.2, 0.25) is 0 Å². The summed E-state index contributed by atoms with van der Waals surface area (Å²) in [5, 5.41) is 12.8. The van der Waals surface area contributed by atoms with Crippen LogP contribution in [-0.4, -0.2) is 41.7 Å². The van der Waals surface area contributed by atoms with Crippen molar-refractivity contribution in [2.45, 2.75) is 25.3 Å². The second-order valence-corrected chi connectivity index (χ2v) is 5.22. The highest BCUT2D eigenvalue weighted by Gasteiger charge is 2.41. The second-order valence-electron chi connectivity index (χ2n) is 5.22. The van der Waals surface area contributed by atoms with E-state index in [4.69, 9.17) is 0 Å². The Hall–Kier alpha value is -1.55. The number of rotatable bonds is 3. The van der Waals surface area contributed by atoms with E-state index in [9.17, 15) is 9.90 Å². The van der Waals surface area contributed by atoms with Crippen LogP contribution in [0.3, 0.4) is 0 Å². The molecule has 1 atom stereocenters. The van der Waals surface area contributed by atoms with E-state index in [1.165, 1.54) is 0 Å². The predicted octanol–water partition coefficient (Wildman–Crippen LogP) is 1.96. The maximum atomic E-state index is 11.6. The van der Waals surface area contributed by atoms with Crippen molar-refractivity contribution in [2.24, 2.45) is 0 Å². The molecule has 2 rings (SSSR count). The Morgan fingerprint density at radius 3 is 2.89 bits per heavy atom. The van der Waals surface area contributed by atoms with Crippen LogP contribution in [0.25, 0.3) is 0 Å². The van der Waals surface area contributed by atoms with Gasteiger partial charge in [0.2, 0.25) is 0 Å². The fourth-order valence-electron chi connectivity index (χ4n) is 2.60. The average molecular weight is 248 g/mol. The molecule has 1 fully saturated rings. The average Bonchev–Trinajstić information content (AvgIpc) is 2.28. The van der Waals surface area contributed by atoms with Gasteiger partial charge in [-0.1, -0.05) is 12.1 Å². The molecule has 0 aliphatic carbocycles. The number of aryl methyl sites for hydroxylation is 1. The van der Waals surface area contributed by atoms with E-state index >= 15 is 0 Å². The number of likely N-dealkylation sites (N-methyl/N-ethyl adjacent to an activating group) is 1. The summed E-state index contributed by atoms with van der Waals surface area (Å²) in [6, 6.07) is 7.86. The minimum Gasteiger partial charge on any atom is -0.479 e. The van der Waals surface area contributed by atoms with Crippen LogP contribution in [0.1, 0.15) is 18.4 Å².